The Hall–Kier alpha value is 0.240. The molecule has 0 radical (unpaired) electrons. The number of rotatable bonds is 4. The van der Waals surface area contributed by atoms with Gasteiger partial charge in [-0.15, -0.1) is 11.6 Å². The summed E-state index contributed by atoms with van der Waals surface area (Å²) in [4.78, 5) is 11.0. The summed E-state index contributed by atoms with van der Waals surface area (Å²) >= 11 is 8.70. The molecule has 0 aliphatic carbocycles. The minimum atomic E-state index is -0.151. The number of halogens is 2. The number of amides is 1. The van der Waals surface area contributed by atoms with E-state index in [9.17, 15) is 4.79 Å². The van der Waals surface area contributed by atoms with Crippen LogP contribution in [0.1, 0.15) is 20.3 Å². The van der Waals surface area contributed by atoms with Crippen LogP contribution < -0.4 is 5.32 Å². The second-order valence-corrected chi connectivity index (χ2v) is 4.09. The molecule has 66 valence electrons. The Morgan fingerprint density at radius 2 is 2.18 bits per heavy atom. The molecule has 0 rings (SSSR count). The van der Waals surface area contributed by atoms with Crippen LogP contribution in [0.5, 0.6) is 0 Å². The zero-order chi connectivity index (χ0) is 8.85. The number of carbonyl (C=O) groups excluding carboxylic acids is 1. The topological polar surface area (TPSA) is 29.1 Å². The van der Waals surface area contributed by atoms with Crippen LogP contribution in [-0.2, 0) is 4.79 Å². The lowest BCUT2D eigenvalue weighted by molar-refractivity contribution is -0.120. The molecule has 1 amide bonds. The highest BCUT2D eigenvalue weighted by Gasteiger charge is 2.13. The van der Waals surface area contributed by atoms with Crippen molar-refractivity contribution in [2.75, 3.05) is 5.88 Å². The van der Waals surface area contributed by atoms with Crippen molar-refractivity contribution in [1.82, 2.24) is 5.32 Å². The molecule has 0 aromatic carbocycles. The highest BCUT2D eigenvalue weighted by molar-refractivity contribution is 9.10. The molecule has 2 nitrogen and oxygen atoms in total. The van der Waals surface area contributed by atoms with E-state index in [1.807, 2.05) is 13.8 Å². The smallest absolute Gasteiger partial charge is 0.234 e. The molecule has 0 heterocycles. The molecule has 1 atom stereocenters. The maximum absolute atomic E-state index is 11.1. The Kier molecular flexibility index (Phi) is 5.96. The van der Waals surface area contributed by atoms with Gasteiger partial charge in [0, 0.05) is 11.9 Å². The van der Waals surface area contributed by atoms with E-state index in [2.05, 4.69) is 21.2 Å². The second kappa shape index (κ2) is 5.84. The third kappa shape index (κ3) is 5.50. The Morgan fingerprint density at radius 3 is 2.55 bits per heavy atom. The maximum atomic E-state index is 11.1. The molecule has 0 bridgehead atoms. The van der Waals surface area contributed by atoms with Gasteiger partial charge in [0.2, 0.25) is 5.91 Å². The number of carbonyl (C=O) groups is 1. The van der Waals surface area contributed by atoms with Gasteiger partial charge in [0.1, 0.15) is 0 Å². The lowest BCUT2D eigenvalue weighted by Gasteiger charge is -2.11. The molecular formula is C7H13BrClNO. The van der Waals surface area contributed by atoms with E-state index >= 15 is 0 Å². The fraction of sp³-hybridized carbons (Fsp3) is 0.857. The quantitative estimate of drug-likeness (QED) is 0.750. The third-order valence-electron chi connectivity index (χ3n) is 1.08. The molecule has 0 aliphatic rings. The van der Waals surface area contributed by atoms with Crippen LogP contribution in [0, 0.1) is 0 Å². The first-order chi connectivity index (χ1) is 5.07. The van der Waals surface area contributed by atoms with Crippen molar-refractivity contribution in [2.24, 2.45) is 0 Å². The normalized spacial score (nSPS) is 13.2. The van der Waals surface area contributed by atoms with Crippen molar-refractivity contribution in [3.63, 3.8) is 0 Å². The fourth-order valence-corrected chi connectivity index (χ4v) is 1.44. The van der Waals surface area contributed by atoms with Gasteiger partial charge in [-0.05, 0) is 20.3 Å². The van der Waals surface area contributed by atoms with Gasteiger partial charge in [0.25, 0.3) is 0 Å². The molecule has 0 aliphatic heterocycles. The van der Waals surface area contributed by atoms with Crippen molar-refractivity contribution < 1.29 is 4.79 Å². The van der Waals surface area contributed by atoms with E-state index in [0.717, 1.165) is 0 Å². The number of alkyl halides is 2. The predicted molar refractivity (Wildman–Crippen MR) is 51.3 cm³/mol. The Balaban J connectivity index is 3.64. The van der Waals surface area contributed by atoms with Gasteiger partial charge < -0.3 is 5.32 Å². The molecule has 0 fully saturated rings. The van der Waals surface area contributed by atoms with E-state index < -0.39 is 0 Å². The highest BCUT2D eigenvalue weighted by atomic mass is 79.9. The second-order valence-electron chi connectivity index (χ2n) is 2.61. The fourth-order valence-electron chi connectivity index (χ4n) is 0.602. The average molecular weight is 243 g/mol. The van der Waals surface area contributed by atoms with Crippen LogP contribution in [-0.4, -0.2) is 22.7 Å². The van der Waals surface area contributed by atoms with Crippen LogP contribution in [0.3, 0.4) is 0 Å². The van der Waals surface area contributed by atoms with Crippen molar-refractivity contribution in [3.05, 3.63) is 0 Å². The van der Waals surface area contributed by atoms with Gasteiger partial charge in [0.15, 0.2) is 0 Å². The van der Waals surface area contributed by atoms with E-state index in [0.29, 0.717) is 12.3 Å². The number of hydrogen-bond acceptors (Lipinski definition) is 1. The van der Waals surface area contributed by atoms with Crippen LogP contribution in [0.15, 0.2) is 0 Å². The van der Waals surface area contributed by atoms with Crippen LogP contribution >= 0.6 is 27.5 Å². The molecule has 0 spiro atoms. The number of nitrogens with one attached hydrogen (secondary N) is 1. The molecule has 0 saturated carbocycles. The number of hydrogen-bond donors (Lipinski definition) is 1. The summed E-state index contributed by atoms with van der Waals surface area (Å²) in [5, 5.41) is 2.78. The van der Waals surface area contributed by atoms with Crippen molar-refractivity contribution in [1.29, 1.82) is 0 Å². The summed E-state index contributed by atoms with van der Waals surface area (Å²) in [7, 11) is 0. The third-order valence-corrected chi connectivity index (χ3v) is 2.17. The minimum Gasteiger partial charge on any atom is -0.353 e. The van der Waals surface area contributed by atoms with Crippen LogP contribution in [0.4, 0.5) is 0 Å². The molecule has 1 unspecified atom stereocenters. The summed E-state index contributed by atoms with van der Waals surface area (Å²) in [6.07, 6.45) is 0.667. The van der Waals surface area contributed by atoms with Crippen molar-refractivity contribution in [2.45, 2.75) is 31.1 Å². The first-order valence-electron chi connectivity index (χ1n) is 3.58. The van der Waals surface area contributed by atoms with Gasteiger partial charge in [-0.25, -0.2) is 0 Å². The Bertz CT molecular complexity index is 130. The summed E-state index contributed by atoms with van der Waals surface area (Å²) < 4.78 is 0. The highest BCUT2D eigenvalue weighted by Crippen LogP contribution is 2.06. The van der Waals surface area contributed by atoms with Gasteiger partial charge >= 0.3 is 0 Å². The molecule has 11 heavy (non-hydrogen) atoms. The molecular weight excluding hydrogens is 229 g/mol. The zero-order valence-corrected chi connectivity index (χ0v) is 9.08. The van der Waals surface area contributed by atoms with Gasteiger partial charge in [0.05, 0.1) is 4.83 Å². The first kappa shape index (κ1) is 11.2. The van der Waals surface area contributed by atoms with Gasteiger partial charge in [-0.2, -0.15) is 0 Å². The van der Waals surface area contributed by atoms with Crippen LogP contribution in [0.2, 0.25) is 0 Å². The molecule has 4 heteroatoms. The monoisotopic (exact) mass is 241 g/mol. The summed E-state index contributed by atoms with van der Waals surface area (Å²) in [5.41, 5.74) is 0. The van der Waals surface area contributed by atoms with Crippen molar-refractivity contribution in [3.8, 4) is 0 Å². The Morgan fingerprint density at radius 1 is 1.64 bits per heavy atom. The summed E-state index contributed by atoms with van der Waals surface area (Å²) in [6, 6.07) is 0.192. The van der Waals surface area contributed by atoms with E-state index in [1.54, 1.807) is 0 Å². The summed E-state index contributed by atoms with van der Waals surface area (Å²) in [6.45, 7) is 3.86. The SMILES string of the molecule is CC(C)NC(=O)C(Br)CCCl. The lowest BCUT2D eigenvalue weighted by atomic mass is 10.3. The van der Waals surface area contributed by atoms with E-state index in [-0.39, 0.29) is 16.8 Å². The predicted octanol–water partition coefficient (Wildman–Crippen LogP) is 1.90. The zero-order valence-electron chi connectivity index (χ0n) is 6.73. The first-order valence-corrected chi connectivity index (χ1v) is 5.03. The summed E-state index contributed by atoms with van der Waals surface area (Å²) in [5.74, 6) is 0.516. The van der Waals surface area contributed by atoms with Gasteiger partial charge in [-0.3, -0.25) is 4.79 Å². The van der Waals surface area contributed by atoms with E-state index in [1.165, 1.54) is 0 Å². The minimum absolute atomic E-state index is 0.0145. The lowest BCUT2D eigenvalue weighted by Crippen LogP contribution is -2.36. The molecule has 0 aromatic rings. The van der Waals surface area contributed by atoms with Crippen molar-refractivity contribution >= 4 is 33.4 Å². The van der Waals surface area contributed by atoms with Gasteiger partial charge in [-0.1, -0.05) is 15.9 Å². The maximum Gasteiger partial charge on any atom is 0.234 e. The molecule has 0 saturated heterocycles. The van der Waals surface area contributed by atoms with E-state index in [4.69, 9.17) is 11.6 Å². The molecule has 1 N–H and O–H groups in total. The standard InChI is InChI=1S/C7H13BrClNO/c1-5(2)10-7(11)6(8)3-4-9/h5-6H,3-4H2,1-2H3,(H,10,11). The Labute approximate surface area is 80.8 Å². The average Bonchev–Trinajstić information content (AvgIpc) is 1.86. The molecule has 0 aromatic heterocycles. The largest absolute Gasteiger partial charge is 0.353 e. The van der Waals surface area contributed by atoms with Crippen LogP contribution in [0.25, 0.3) is 0 Å².